The highest BCUT2D eigenvalue weighted by Gasteiger charge is 2.54. The Morgan fingerprint density at radius 2 is 0.714 bits per heavy atom. The fourth-order valence-corrected chi connectivity index (χ4v) is 13.4. The molecule has 4 nitrogen and oxygen atoms in total. The van der Waals surface area contributed by atoms with Gasteiger partial charge in [-0.1, -0.05) is 150 Å². The summed E-state index contributed by atoms with van der Waals surface area (Å²) in [6.07, 6.45) is 0. The molecule has 0 saturated carbocycles. The van der Waals surface area contributed by atoms with Crippen molar-refractivity contribution in [3.8, 4) is 22.5 Å². The third kappa shape index (κ3) is 3.53. The first-order valence-electron chi connectivity index (χ1n) is 22.2. The van der Waals surface area contributed by atoms with E-state index in [2.05, 4.69) is 186 Å². The van der Waals surface area contributed by atoms with E-state index in [0.717, 1.165) is 22.4 Å². The second-order valence-electron chi connectivity index (χ2n) is 18.2. The fraction of sp³-hybridized carbons (Fsp3) is 0. The number of hydrogen-bond donors (Lipinski definition) is 0. The van der Waals surface area contributed by atoms with Crippen LogP contribution in [-0.2, 0) is 0 Å². The van der Waals surface area contributed by atoms with E-state index in [4.69, 9.17) is 9.97 Å². The number of rotatable bonds is 0. The lowest BCUT2D eigenvalue weighted by molar-refractivity contribution is 1.26. The summed E-state index contributed by atoms with van der Waals surface area (Å²) < 4.78 is 0. The summed E-state index contributed by atoms with van der Waals surface area (Å²) in [5.74, 6) is 0. The van der Waals surface area contributed by atoms with Crippen molar-refractivity contribution in [3.63, 3.8) is 0 Å². The van der Waals surface area contributed by atoms with Crippen molar-refractivity contribution in [2.24, 2.45) is 0 Å². The Hall–Kier alpha value is -7.89. The van der Waals surface area contributed by atoms with Crippen molar-refractivity contribution < 1.29 is 0 Å². The highest BCUT2D eigenvalue weighted by molar-refractivity contribution is 7.08. The van der Waals surface area contributed by atoms with Crippen LogP contribution in [-0.4, -0.2) is 30.1 Å². The molecule has 6 aliphatic heterocycles. The number of aromatic nitrogens is 2. The van der Waals surface area contributed by atoms with Crippen LogP contribution in [0.4, 0.5) is 34.1 Å². The van der Waals surface area contributed by atoms with E-state index in [1.165, 1.54) is 127 Å². The van der Waals surface area contributed by atoms with Crippen molar-refractivity contribution in [2.45, 2.75) is 0 Å². The van der Waals surface area contributed by atoms with Crippen LogP contribution >= 0.6 is 0 Å². The summed E-state index contributed by atoms with van der Waals surface area (Å²) in [6, 6.07) is 66.4. The number of benzene rings is 9. The Bertz CT molecular complexity index is 3790. The smallest absolute Gasteiger partial charge is 0.252 e. The van der Waals surface area contributed by atoms with Crippen molar-refractivity contribution in [3.05, 3.63) is 176 Å². The van der Waals surface area contributed by atoms with E-state index >= 15 is 0 Å². The number of nitrogens with zero attached hydrogens (tertiary/aromatic N) is 4. The third-order valence-corrected chi connectivity index (χ3v) is 15.6. The van der Waals surface area contributed by atoms with E-state index in [9.17, 15) is 0 Å². The Morgan fingerprint density at radius 1 is 0.317 bits per heavy atom. The molecule has 0 spiro atoms. The van der Waals surface area contributed by atoms with Gasteiger partial charge in [-0.15, -0.1) is 0 Å². The standard InChI is InChI=1S/C56H29B3N4/c1-5-23-42-30(13-1)32-15-9-21-38-48(32)53(60-42)34-17-11-27-46-50(34)58(38)40-29-41-56-52-55(40)62(46)44-25-7-3-19-36(44)57(52)37-20-4-8-26-45(37)63(56)47-28-12-18-35-51(47)59(41)39-22-10-16-33-31-14-2-6-24-43(31)61-54(35)49(33)39/h1-29H. The van der Waals surface area contributed by atoms with Gasteiger partial charge >= 0.3 is 0 Å². The molecule has 0 amide bonds. The molecular weight excluding hydrogens is 761 g/mol. The van der Waals surface area contributed by atoms with Gasteiger partial charge in [0.2, 0.25) is 13.4 Å². The third-order valence-electron chi connectivity index (χ3n) is 15.6. The lowest BCUT2D eigenvalue weighted by Gasteiger charge is -2.52. The second-order valence-corrected chi connectivity index (χ2v) is 18.2. The van der Waals surface area contributed by atoms with Gasteiger partial charge in [-0.2, -0.15) is 0 Å². The molecule has 8 heterocycles. The zero-order valence-electron chi connectivity index (χ0n) is 33.8. The minimum absolute atomic E-state index is 0.00798. The minimum atomic E-state index is 0.00798. The van der Waals surface area contributed by atoms with Crippen LogP contribution in [0.5, 0.6) is 0 Å². The monoisotopic (exact) mass is 790 g/mol. The molecule has 0 radical (unpaired) electrons. The number of fused-ring (bicyclic) bond motifs is 18. The van der Waals surface area contributed by atoms with Gasteiger partial charge in [-0.05, 0) is 96.5 Å². The summed E-state index contributed by atoms with van der Waals surface area (Å²) in [5.41, 5.74) is 26.7. The Morgan fingerprint density at radius 3 is 1.24 bits per heavy atom. The summed E-state index contributed by atoms with van der Waals surface area (Å²) in [5, 5.41) is 7.52. The zero-order chi connectivity index (χ0) is 40.4. The maximum atomic E-state index is 5.52. The van der Waals surface area contributed by atoms with E-state index in [1.54, 1.807) is 0 Å². The van der Waals surface area contributed by atoms with Gasteiger partial charge in [-0.3, -0.25) is 0 Å². The first-order valence-corrected chi connectivity index (χ1v) is 22.2. The average molecular weight is 790 g/mol. The minimum Gasteiger partial charge on any atom is -0.312 e. The number of pyridine rings is 2. The predicted molar refractivity (Wildman–Crippen MR) is 266 cm³/mol. The van der Waals surface area contributed by atoms with Gasteiger partial charge in [0, 0.05) is 55.7 Å². The normalized spacial score (nSPS) is 14.5. The lowest BCUT2D eigenvalue weighted by Crippen LogP contribution is -2.72. The van der Waals surface area contributed by atoms with Crippen LogP contribution < -0.4 is 59.0 Å². The quantitative estimate of drug-likeness (QED) is 0.125. The maximum absolute atomic E-state index is 5.52. The zero-order valence-corrected chi connectivity index (χ0v) is 33.8. The second kappa shape index (κ2) is 10.8. The van der Waals surface area contributed by atoms with Gasteiger partial charge in [0.1, 0.15) is 0 Å². The van der Waals surface area contributed by atoms with Crippen molar-refractivity contribution >= 4 is 147 Å². The molecule has 17 rings (SSSR count). The number of hydrogen-bond acceptors (Lipinski definition) is 4. The molecule has 9 aromatic carbocycles. The highest BCUT2D eigenvalue weighted by Crippen LogP contribution is 2.48. The van der Waals surface area contributed by atoms with Crippen LogP contribution in [0, 0.1) is 0 Å². The average Bonchev–Trinajstić information content (AvgIpc) is 3.34. The van der Waals surface area contributed by atoms with Crippen LogP contribution in [0.1, 0.15) is 0 Å². The SMILES string of the molecule is c1ccc2c(c1)B1c3ccccc3N3c4cccc5c4B(c4cc6c(c1c43)N2c1cccc2c1B6c1cccc3c1c-2nc1ccccc13)c1cccc2c1c-5nc1ccccc12. The molecule has 6 aliphatic rings. The predicted octanol–water partition coefficient (Wildman–Crippen LogP) is 6.79. The molecule has 63 heavy (non-hydrogen) atoms. The van der Waals surface area contributed by atoms with Crippen molar-refractivity contribution in [2.75, 3.05) is 9.80 Å². The van der Waals surface area contributed by atoms with Gasteiger partial charge in [0.25, 0.3) is 6.71 Å². The number of para-hydroxylation sites is 4. The number of anilines is 6. The Balaban J connectivity index is 1.08. The first-order chi connectivity index (χ1) is 31.3. The molecule has 0 unspecified atom stereocenters. The van der Waals surface area contributed by atoms with E-state index in [0.29, 0.717) is 0 Å². The Labute approximate surface area is 363 Å². The maximum Gasteiger partial charge on any atom is 0.252 e. The highest BCUT2D eigenvalue weighted by atomic mass is 15.2. The van der Waals surface area contributed by atoms with E-state index < -0.39 is 0 Å². The topological polar surface area (TPSA) is 32.3 Å². The summed E-state index contributed by atoms with van der Waals surface area (Å²) in [6.45, 7) is 0.0693. The molecule has 7 heteroatoms. The molecule has 0 N–H and O–H groups in total. The fourth-order valence-electron chi connectivity index (χ4n) is 13.4. The van der Waals surface area contributed by atoms with Crippen LogP contribution in [0.25, 0.3) is 65.9 Å². The lowest BCUT2D eigenvalue weighted by atomic mass is 9.25. The summed E-state index contributed by atoms with van der Waals surface area (Å²) in [4.78, 5) is 16.3. The summed E-state index contributed by atoms with van der Waals surface area (Å²) in [7, 11) is 0. The van der Waals surface area contributed by atoms with Crippen LogP contribution in [0.2, 0.25) is 0 Å². The molecule has 282 valence electrons. The molecule has 0 fully saturated rings. The molecular formula is C56H29B3N4. The summed E-state index contributed by atoms with van der Waals surface area (Å²) >= 11 is 0. The van der Waals surface area contributed by atoms with Gasteiger partial charge in [-0.25, -0.2) is 9.97 Å². The van der Waals surface area contributed by atoms with Gasteiger partial charge in [0.15, 0.2) is 0 Å². The van der Waals surface area contributed by atoms with Gasteiger partial charge in [0.05, 0.1) is 22.4 Å². The van der Waals surface area contributed by atoms with E-state index in [1.807, 2.05) is 0 Å². The molecule has 0 aliphatic carbocycles. The molecule has 11 aromatic rings. The van der Waals surface area contributed by atoms with E-state index in [-0.39, 0.29) is 20.1 Å². The molecule has 0 saturated heterocycles. The van der Waals surface area contributed by atoms with Crippen LogP contribution in [0.15, 0.2) is 176 Å². The molecule has 0 bridgehead atoms. The van der Waals surface area contributed by atoms with Crippen molar-refractivity contribution in [1.82, 2.24) is 9.97 Å². The molecule has 0 atom stereocenters. The van der Waals surface area contributed by atoms with Crippen molar-refractivity contribution in [1.29, 1.82) is 0 Å². The Kier molecular flexibility index (Phi) is 5.45. The molecule has 2 aromatic heterocycles. The van der Waals surface area contributed by atoms with Gasteiger partial charge < -0.3 is 9.80 Å². The largest absolute Gasteiger partial charge is 0.312 e. The van der Waals surface area contributed by atoms with Crippen LogP contribution in [0.3, 0.4) is 0 Å². The first kappa shape index (κ1) is 31.9.